The summed E-state index contributed by atoms with van der Waals surface area (Å²) in [5, 5.41) is 7.79. The highest BCUT2D eigenvalue weighted by molar-refractivity contribution is 7.25. The van der Waals surface area contributed by atoms with Gasteiger partial charge in [-0.1, -0.05) is 91.0 Å². The third-order valence-corrected chi connectivity index (χ3v) is 11.1. The number of aromatic nitrogens is 2. The Morgan fingerprint density at radius 1 is 0.565 bits per heavy atom. The lowest BCUT2D eigenvalue weighted by Gasteiger charge is -2.24. The quantitative estimate of drug-likeness (QED) is 0.174. The predicted molar refractivity (Wildman–Crippen MR) is 197 cm³/mol. The van der Waals surface area contributed by atoms with Crippen molar-refractivity contribution >= 4 is 92.2 Å². The van der Waals surface area contributed by atoms with Crippen LogP contribution in [0.4, 0.5) is 11.4 Å². The van der Waals surface area contributed by atoms with Crippen LogP contribution in [0.5, 0.6) is 0 Å². The zero-order valence-electron chi connectivity index (χ0n) is 24.8. The van der Waals surface area contributed by atoms with Gasteiger partial charge in [-0.2, -0.15) is 4.58 Å². The van der Waals surface area contributed by atoms with Crippen LogP contribution in [0.3, 0.4) is 0 Å². The molecule has 0 amide bonds. The van der Waals surface area contributed by atoms with E-state index in [4.69, 9.17) is 0 Å². The SMILES string of the molecule is C1=CC2=[N+](c3ccc4sc5ccccc5c4c3)c3cccc4c5c6c(ccc5n(c34)C2C=C1)c1ccccc1n6-c1ccccc1. The Kier molecular flexibility index (Phi) is 4.78. The highest BCUT2D eigenvalue weighted by Crippen LogP contribution is 2.47. The summed E-state index contributed by atoms with van der Waals surface area (Å²) >= 11 is 1.87. The molecule has 3 aromatic heterocycles. The second-order valence-electron chi connectivity index (χ2n) is 12.3. The molecule has 4 heterocycles. The average Bonchev–Trinajstić information content (AvgIpc) is 3.77. The van der Waals surface area contributed by atoms with E-state index in [1.165, 1.54) is 86.6 Å². The van der Waals surface area contributed by atoms with Gasteiger partial charge in [0.15, 0.2) is 0 Å². The molecule has 1 aliphatic heterocycles. The minimum absolute atomic E-state index is 0.0711. The van der Waals surface area contributed by atoms with Crippen molar-refractivity contribution in [2.75, 3.05) is 0 Å². The van der Waals surface area contributed by atoms with Crippen molar-refractivity contribution in [3.05, 3.63) is 152 Å². The Balaban J connectivity index is 1.28. The highest BCUT2D eigenvalue weighted by Gasteiger charge is 2.38. The molecule has 2 aliphatic rings. The molecule has 3 nitrogen and oxygen atoms in total. The van der Waals surface area contributed by atoms with Gasteiger partial charge in [-0.3, -0.25) is 0 Å². The van der Waals surface area contributed by atoms with E-state index < -0.39 is 0 Å². The molecule has 1 atom stereocenters. The predicted octanol–water partition coefficient (Wildman–Crippen LogP) is 11.2. The second-order valence-corrected chi connectivity index (χ2v) is 13.4. The fraction of sp³-hybridized carbons (Fsp3) is 0.0238. The van der Waals surface area contributed by atoms with Crippen LogP contribution in [-0.4, -0.2) is 14.8 Å². The first kappa shape index (κ1) is 24.6. The number of benzene rings is 6. The summed E-state index contributed by atoms with van der Waals surface area (Å²) < 4.78 is 10.2. The molecule has 0 saturated carbocycles. The molecular weight excluding hydrogens is 579 g/mol. The van der Waals surface area contributed by atoms with Crippen LogP contribution in [0.15, 0.2) is 152 Å². The minimum atomic E-state index is 0.0711. The lowest BCUT2D eigenvalue weighted by atomic mass is 10.0. The fourth-order valence-corrected chi connectivity index (χ4v) is 9.25. The molecule has 0 radical (unpaired) electrons. The molecule has 0 spiro atoms. The lowest BCUT2D eigenvalue weighted by Crippen LogP contribution is -2.30. The van der Waals surface area contributed by atoms with E-state index in [2.05, 4.69) is 165 Å². The van der Waals surface area contributed by atoms with Gasteiger partial charge in [0.05, 0.1) is 16.6 Å². The van der Waals surface area contributed by atoms with Crippen LogP contribution < -0.4 is 4.58 Å². The summed E-state index contributed by atoms with van der Waals surface area (Å²) in [6, 6.07) is 47.0. The molecule has 9 aromatic rings. The van der Waals surface area contributed by atoms with E-state index >= 15 is 0 Å². The van der Waals surface area contributed by atoms with Crippen molar-refractivity contribution in [3.63, 3.8) is 0 Å². The molecule has 46 heavy (non-hydrogen) atoms. The van der Waals surface area contributed by atoms with Crippen molar-refractivity contribution in [1.29, 1.82) is 0 Å². The van der Waals surface area contributed by atoms with E-state index in [0.717, 1.165) is 0 Å². The van der Waals surface area contributed by atoms with Crippen molar-refractivity contribution in [2.45, 2.75) is 6.04 Å². The molecule has 6 aromatic carbocycles. The standard InChI is InChI=1S/C42H26N3S/c1-2-11-26(12-3-1)44-33-16-6-4-13-28(33)30-22-23-36-40(42(30)44)31-15-10-19-37-41(31)45(36)35-18-8-7-17-34(35)43(37)27-21-24-39-32(25-27)29-14-5-9-20-38(29)46-39/h1-25,35H/q+1. The maximum atomic E-state index is 2.58. The normalized spacial score (nSPS) is 15.8. The molecule has 1 unspecified atom stereocenters. The third-order valence-electron chi connectivity index (χ3n) is 9.98. The molecule has 11 rings (SSSR count). The van der Waals surface area contributed by atoms with E-state index in [-0.39, 0.29) is 6.04 Å². The number of para-hydroxylation sites is 3. The van der Waals surface area contributed by atoms with Gasteiger partial charge in [0.1, 0.15) is 11.6 Å². The van der Waals surface area contributed by atoms with Gasteiger partial charge in [0.2, 0.25) is 17.1 Å². The Labute approximate surface area is 268 Å². The zero-order chi connectivity index (χ0) is 29.9. The number of fused-ring (bicyclic) bond motifs is 12. The monoisotopic (exact) mass is 604 g/mol. The van der Waals surface area contributed by atoms with Crippen LogP contribution in [0.1, 0.15) is 6.04 Å². The average molecular weight is 605 g/mol. The number of thiophene rings is 1. The Morgan fingerprint density at radius 3 is 2.30 bits per heavy atom. The smallest absolute Gasteiger partial charge is 0.235 e. The first-order valence-electron chi connectivity index (χ1n) is 15.8. The number of nitrogens with zero attached hydrogens (tertiary/aromatic N) is 3. The summed E-state index contributed by atoms with van der Waals surface area (Å²) in [6.45, 7) is 0. The van der Waals surface area contributed by atoms with Crippen LogP contribution in [0.2, 0.25) is 0 Å². The van der Waals surface area contributed by atoms with E-state index in [0.29, 0.717) is 0 Å². The van der Waals surface area contributed by atoms with E-state index in [1.54, 1.807) is 0 Å². The van der Waals surface area contributed by atoms with Gasteiger partial charge in [0, 0.05) is 71.7 Å². The molecule has 0 N–H and O–H groups in total. The van der Waals surface area contributed by atoms with E-state index in [1.807, 2.05) is 11.3 Å². The summed E-state index contributed by atoms with van der Waals surface area (Å²) in [6.07, 6.45) is 9.03. The number of rotatable bonds is 2. The maximum absolute atomic E-state index is 2.58. The third kappa shape index (κ3) is 3.09. The Bertz CT molecular complexity index is 2860. The van der Waals surface area contributed by atoms with Crippen molar-refractivity contribution < 1.29 is 0 Å². The van der Waals surface area contributed by atoms with Crippen molar-refractivity contribution in [2.24, 2.45) is 0 Å². The number of allylic oxidation sites excluding steroid dienone is 4. The molecule has 1 aliphatic carbocycles. The van der Waals surface area contributed by atoms with Crippen LogP contribution in [0, 0.1) is 0 Å². The summed E-state index contributed by atoms with van der Waals surface area (Å²) in [5.41, 5.74) is 9.89. The van der Waals surface area contributed by atoms with Crippen molar-refractivity contribution in [1.82, 2.24) is 13.7 Å². The first-order valence-corrected chi connectivity index (χ1v) is 16.6. The maximum Gasteiger partial charge on any atom is 0.235 e. The molecule has 0 fully saturated rings. The van der Waals surface area contributed by atoms with Gasteiger partial charge >= 0.3 is 0 Å². The van der Waals surface area contributed by atoms with Gasteiger partial charge in [0.25, 0.3) is 0 Å². The topological polar surface area (TPSA) is 12.9 Å². The highest BCUT2D eigenvalue weighted by atomic mass is 32.1. The molecule has 4 heteroatoms. The first-order chi connectivity index (χ1) is 22.8. The van der Waals surface area contributed by atoms with Gasteiger partial charge < -0.3 is 9.13 Å². The summed E-state index contributed by atoms with van der Waals surface area (Å²) in [5.74, 6) is 0. The van der Waals surface area contributed by atoms with E-state index in [9.17, 15) is 0 Å². The lowest BCUT2D eigenvalue weighted by molar-refractivity contribution is 0.781. The van der Waals surface area contributed by atoms with Gasteiger partial charge in [-0.05, 0) is 36.4 Å². The summed E-state index contributed by atoms with van der Waals surface area (Å²) in [4.78, 5) is 0. The van der Waals surface area contributed by atoms with Gasteiger partial charge in [-0.25, -0.2) is 0 Å². The van der Waals surface area contributed by atoms with Crippen LogP contribution >= 0.6 is 11.3 Å². The largest absolute Gasteiger partial charge is 0.318 e. The zero-order valence-corrected chi connectivity index (χ0v) is 25.6. The van der Waals surface area contributed by atoms with Crippen LogP contribution in [-0.2, 0) is 0 Å². The Hall–Kier alpha value is -5.71. The number of hydrogen-bond acceptors (Lipinski definition) is 1. The second kappa shape index (κ2) is 8.94. The number of hydrogen-bond donors (Lipinski definition) is 0. The Morgan fingerprint density at radius 2 is 1.37 bits per heavy atom. The summed E-state index contributed by atoms with van der Waals surface area (Å²) in [7, 11) is 0. The molecular formula is C42H26N3S+. The minimum Gasteiger partial charge on any atom is -0.318 e. The molecule has 0 bridgehead atoms. The van der Waals surface area contributed by atoms with Gasteiger partial charge in [-0.15, -0.1) is 11.3 Å². The fourth-order valence-electron chi connectivity index (χ4n) is 8.16. The molecule has 214 valence electrons. The van der Waals surface area contributed by atoms with Crippen LogP contribution in [0.25, 0.3) is 69.5 Å². The van der Waals surface area contributed by atoms with Crippen molar-refractivity contribution in [3.8, 4) is 5.69 Å². The molecule has 0 saturated heterocycles.